The first-order valence-electron chi connectivity index (χ1n) is 8.33. The van der Waals surface area contributed by atoms with Crippen molar-refractivity contribution in [2.45, 2.75) is 0 Å². The largest absolute Gasteiger partial charge is 0.475 e. The molecule has 0 aliphatic heterocycles. The van der Waals surface area contributed by atoms with Gasteiger partial charge >= 0.3 is 5.97 Å². The average Bonchev–Trinajstić information content (AvgIpc) is 3.16. The summed E-state index contributed by atoms with van der Waals surface area (Å²) < 4.78 is 1.17. The molecule has 0 saturated heterocycles. The summed E-state index contributed by atoms with van der Waals surface area (Å²) in [5, 5.41) is 15.5. The monoisotopic (exact) mass is 373 g/mol. The van der Waals surface area contributed by atoms with Crippen molar-refractivity contribution in [2.24, 2.45) is 0 Å². The number of aliphatic carboxylic acids is 1. The van der Waals surface area contributed by atoms with Crippen LogP contribution in [0.15, 0.2) is 78.2 Å². The average molecular weight is 373 g/mol. The highest BCUT2D eigenvalue weighted by molar-refractivity contribution is 7.17. The number of hydrogen-bond acceptors (Lipinski definition) is 4. The molecule has 0 spiro atoms. The highest BCUT2D eigenvalue weighted by Gasteiger charge is 2.19. The van der Waals surface area contributed by atoms with Gasteiger partial charge in [-0.2, -0.15) is 0 Å². The maximum atomic E-state index is 12.1. The predicted molar refractivity (Wildman–Crippen MR) is 109 cm³/mol. The van der Waals surface area contributed by atoms with E-state index in [1.807, 2.05) is 66.0 Å². The molecule has 0 atom stereocenters. The number of carbonyl (C=O) groups excluding carboxylic acids is 1. The van der Waals surface area contributed by atoms with Crippen LogP contribution in [0.1, 0.15) is 10.4 Å². The molecule has 4 rings (SSSR count). The van der Waals surface area contributed by atoms with Gasteiger partial charge in [0.15, 0.2) is 0 Å². The number of nitrogens with one attached hydrogen (secondary N) is 1. The van der Waals surface area contributed by atoms with Crippen molar-refractivity contribution < 1.29 is 14.7 Å². The summed E-state index contributed by atoms with van der Waals surface area (Å²) in [6, 6.07) is 22.8. The number of hydrogen-bond donors (Lipinski definition) is 2. The number of carboxylic acid groups (broad SMARTS) is 1. The van der Waals surface area contributed by atoms with E-state index in [1.165, 1.54) is 4.70 Å². The Labute approximate surface area is 159 Å². The minimum absolute atomic E-state index is 0.132. The second-order valence-electron chi connectivity index (χ2n) is 6.06. The summed E-state index contributed by atoms with van der Waals surface area (Å²) in [7, 11) is 0. The molecule has 2 N–H and O–H groups in total. The maximum absolute atomic E-state index is 12.1. The summed E-state index contributed by atoms with van der Waals surface area (Å²) in [6.07, 6.45) is 0. The molecule has 0 aliphatic carbocycles. The first-order valence-corrected chi connectivity index (χ1v) is 9.21. The highest BCUT2D eigenvalue weighted by atomic mass is 32.1. The highest BCUT2D eigenvalue weighted by Crippen LogP contribution is 2.30. The van der Waals surface area contributed by atoms with Crippen LogP contribution in [0.4, 0.5) is 11.4 Å². The molecule has 0 unspecified atom stereocenters. The number of thiophene rings is 1. The Balaban J connectivity index is 1.79. The van der Waals surface area contributed by atoms with E-state index >= 15 is 0 Å². The molecule has 3 aromatic carbocycles. The zero-order valence-electron chi connectivity index (χ0n) is 14.2. The van der Waals surface area contributed by atoms with E-state index in [2.05, 4.69) is 5.32 Å². The summed E-state index contributed by atoms with van der Waals surface area (Å²) >= 11 is 1.65. The number of Topliss-reactive ketones (excluding diaryl/α,β-unsaturated/α-hetero) is 1. The standard InChI is InChI=1S/C22H15NO3S/c24-21(22(25)26)18-8-6-15(14-4-2-1-3-5-14)13-19(18)23-17-7-9-20-16(12-17)10-11-27-20/h1-13,23H,(H,25,26). The SMILES string of the molecule is O=C(O)C(=O)c1ccc(-c2ccccc2)cc1Nc1ccc2sccc2c1. The molecule has 132 valence electrons. The second kappa shape index (κ2) is 7.05. The first kappa shape index (κ1) is 17.0. The molecule has 27 heavy (non-hydrogen) atoms. The van der Waals surface area contributed by atoms with Crippen LogP contribution in [0, 0.1) is 0 Å². The van der Waals surface area contributed by atoms with Crippen LogP contribution in [0.2, 0.25) is 0 Å². The van der Waals surface area contributed by atoms with E-state index in [-0.39, 0.29) is 5.56 Å². The molecule has 1 aromatic heterocycles. The molecule has 1 heterocycles. The number of ketones is 1. The fourth-order valence-electron chi connectivity index (χ4n) is 2.97. The molecule has 5 heteroatoms. The molecule has 0 fully saturated rings. The number of rotatable bonds is 5. The molecule has 0 saturated carbocycles. The van der Waals surface area contributed by atoms with E-state index in [0.29, 0.717) is 5.69 Å². The number of anilines is 2. The Kier molecular flexibility index (Phi) is 4.44. The van der Waals surface area contributed by atoms with Gasteiger partial charge in [0.2, 0.25) is 0 Å². The van der Waals surface area contributed by atoms with E-state index in [4.69, 9.17) is 5.11 Å². The molecule has 0 aliphatic rings. The smallest absolute Gasteiger partial charge is 0.377 e. The Morgan fingerprint density at radius 3 is 2.44 bits per heavy atom. The lowest BCUT2D eigenvalue weighted by molar-refractivity contribution is -0.131. The van der Waals surface area contributed by atoms with Gasteiger partial charge in [0.05, 0.1) is 11.3 Å². The van der Waals surface area contributed by atoms with Gasteiger partial charge in [-0.25, -0.2) is 4.79 Å². The van der Waals surface area contributed by atoms with Gasteiger partial charge in [0.25, 0.3) is 5.78 Å². The summed E-state index contributed by atoms with van der Waals surface area (Å²) in [5.41, 5.74) is 3.29. The van der Waals surface area contributed by atoms with Crippen LogP contribution in [0.25, 0.3) is 21.2 Å². The van der Waals surface area contributed by atoms with Gasteiger partial charge in [-0.1, -0.05) is 36.4 Å². The molecular formula is C22H15NO3S. The Hall–Kier alpha value is -3.44. The van der Waals surface area contributed by atoms with E-state index in [1.54, 1.807) is 23.5 Å². The van der Waals surface area contributed by atoms with E-state index in [0.717, 1.165) is 22.2 Å². The van der Waals surface area contributed by atoms with Gasteiger partial charge in [0.1, 0.15) is 0 Å². The topological polar surface area (TPSA) is 66.4 Å². The zero-order valence-corrected chi connectivity index (χ0v) is 15.0. The number of benzene rings is 3. The van der Waals surface area contributed by atoms with Crippen molar-refractivity contribution in [1.29, 1.82) is 0 Å². The third-order valence-electron chi connectivity index (χ3n) is 4.30. The lowest BCUT2D eigenvalue weighted by atomic mass is 10.00. The second-order valence-corrected chi connectivity index (χ2v) is 7.01. The first-order chi connectivity index (χ1) is 13.1. The van der Waals surface area contributed by atoms with Crippen molar-refractivity contribution in [3.05, 3.63) is 83.7 Å². The molecule has 4 aromatic rings. The molecular weight excluding hydrogens is 358 g/mol. The quantitative estimate of drug-likeness (QED) is 0.354. The van der Waals surface area contributed by atoms with E-state index in [9.17, 15) is 9.59 Å². The minimum Gasteiger partial charge on any atom is -0.475 e. The summed E-state index contributed by atoms with van der Waals surface area (Å²) in [5.74, 6) is -2.41. The third-order valence-corrected chi connectivity index (χ3v) is 5.19. The van der Waals surface area contributed by atoms with Crippen molar-refractivity contribution in [3.63, 3.8) is 0 Å². The van der Waals surface area contributed by atoms with Crippen LogP contribution in [0.5, 0.6) is 0 Å². The lowest BCUT2D eigenvalue weighted by Gasteiger charge is -2.13. The van der Waals surface area contributed by atoms with Crippen LogP contribution in [0.3, 0.4) is 0 Å². The van der Waals surface area contributed by atoms with Crippen LogP contribution < -0.4 is 5.32 Å². The minimum atomic E-state index is -1.47. The molecule has 0 bridgehead atoms. The Bertz CT molecular complexity index is 1150. The van der Waals surface area contributed by atoms with Crippen molar-refractivity contribution in [2.75, 3.05) is 5.32 Å². The number of fused-ring (bicyclic) bond motifs is 1. The summed E-state index contributed by atoms with van der Waals surface area (Å²) in [4.78, 5) is 23.4. The number of carbonyl (C=O) groups is 2. The van der Waals surface area contributed by atoms with Crippen molar-refractivity contribution in [3.8, 4) is 11.1 Å². The fourth-order valence-corrected chi connectivity index (χ4v) is 3.74. The summed E-state index contributed by atoms with van der Waals surface area (Å²) in [6.45, 7) is 0. The van der Waals surface area contributed by atoms with Gasteiger partial charge in [-0.05, 0) is 58.3 Å². The molecule has 0 amide bonds. The van der Waals surface area contributed by atoms with E-state index < -0.39 is 11.8 Å². The fraction of sp³-hybridized carbons (Fsp3) is 0. The van der Waals surface area contributed by atoms with Crippen LogP contribution in [-0.2, 0) is 4.79 Å². The third kappa shape index (κ3) is 3.45. The molecule has 0 radical (unpaired) electrons. The Morgan fingerprint density at radius 2 is 1.67 bits per heavy atom. The Morgan fingerprint density at radius 1 is 0.852 bits per heavy atom. The lowest BCUT2D eigenvalue weighted by Crippen LogP contribution is -2.14. The maximum Gasteiger partial charge on any atom is 0.377 e. The van der Waals surface area contributed by atoms with Crippen LogP contribution >= 0.6 is 11.3 Å². The number of carboxylic acids is 1. The van der Waals surface area contributed by atoms with Gasteiger partial charge in [-0.15, -0.1) is 11.3 Å². The zero-order chi connectivity index (χ0) is 18.8. The van der Waals surface area contributed by atoms with Gasteiger partial charge in [0, 0.05) is 10.4 Å². The predicted octanol–water partition coefficient (Wildman–Crippen LogP) is 5.58. The normalized spacial score (nSPS) is 10.7. The van der Waals surface area contributed by atoms with Crippen molar-refractivity contribution >= 4 is 44.6 Å². The molecule has 4 nitrogen and oxygen atoms in total. The van der Waals surface area contributed by atoms with Crippen LogP contribution in [-0.4, -0.2) is 16.9 Å². The van der Waals surface area contributed by atoms with Gasteiger partial charge in [-0.3, -0.25) is 4.79 Å². The van der Waals surface area contributed by atoms with Crippen molar-refractivity contribution in [1.82, 2.24) is 0 Å². The van der Waals surface area contributed by atoms with Gasteiger partial charge < -0.3 is 10.4 Å².